The number of hydrogen-bond donors (Lipinski definition) is 0. The van der Waals surface area contributed by atoms with Crippen LogP contribution in [0.1, 0.15) is 52.5 Å². The van der Waals surface area contributed by atoms with Gasteiger partial charge < -0.3 is 9.16 Å². The number of cyclic esters (lactones) is 1. The van der Waals surface area contributed by atoms with E-state index in [1.807, 2.05) is 73.7 Å². The molecule has 2 atom stereocenters. The van der Waals surface area contributed by atoms with Gasteiger partial charge in [0.25, 0.3) is 8.32 Å². The summed E-state index contributed by atoms with van der Waals surface area (Å²) in [6.07, 6.45) is 0.867. The average Bonchev–Trinajstić information content (AvgIpc) is 3.20. The number of amides is 2. The normalized spacial score (nSPS) is 18.1. The van der Waals surface area contributed by atoms with Crippen LogP contribution in [0.25, 0.3) is 0 Å². The van der Waals surface area contributed by atoms with Crippen molar-refractivity contribution in [3.63, 3.8) is 0 Å². The van der Waals surface area contributed by atoms with Gasteiger partial charge in [0.2, 0.25) is 12.2 Å². The fraction of sp³-hybridized carbons (Fsp3) is 0.355. The lowest BCUT2D eigenvalue weighted by Crippen LogP contribution is -2.68. The molecule has 2 amide bonds. The van der Waals surface area contributed by atoms with Crippen molar-refractivity contribution in [2.45, 2.75) is 70.7 Å². The Kier molecular flexibility index (Phi) is 8.30. The highest BCUT2D eigenvalue weighted by molar-refractivity contribution is 6.99. The molecule has 1 aliphatic heterocycles. The Morgan fingerprint density at radius 2 is 1.41 bits per heavy atom. The molecule has 1 aliphatic rings. The first kappa shape index (κ1) is 26.8. The van der Waals surface area contributed by atoms with Gasteiger partial charge in [0.15, 0.2) is 0 Å². The van der Waals surface area contributed by atoms with Crippen LogP contribution in [0, 0.1) is 0 Å². The summed E-state index contributed by atoms with van der Waals surface area (Å²) in [6, 6.07) is 29.9. The van der Waals surface area contributed by atoms with Crippen molar-refractivity contribution < 1.29 is 18.8 Å². The number of imide groups is 1. The van der Waals surface area contributed by atoms with Gasteiger partial charge in [-0.25, -0.2) is 9.69 Å². The molecule has 2 unspecified atom stereocenters. The van der Waals surface area contributed by atoms with E-state index < -0.39 is 26.7 Å². The van der Waals surface area contributed by atoms with Crippen LogP contribution < -0.4 is 10.4 Å². The summed E-state index contributed by atoms with van der Waals surface area (Å²) < 4.78 is 13.1. The number of hydrogen-bond acceptors (Lipinski definition) is 4. The number of benzene rings is 3. The summed E-state index contributed by atoms with van der Waals surface area (Å²) in [4.78, 5) is 27.8. The highest BCUT2D eigenvalue weighted by Gasteiger charge is 2.56. The van der Waals surface area contributed by atoms with Crippen LogP contribution >= 0.6 is 0 Å². The van der Waals surface area contributed by atoms with E-state index in [1.165, 1.54) is 4.90 Å². The smallest absolute Gasteiger partial charge is 0.418 e. The predicted octanol–water partition coefficient (Wildman–Crippen LogP) is 5.67. The number of ether oxygens (including phenoxy) is 1. The Labute approximate surface area is 221 Å². The Bertz CT molecular complexity index is 1140. The van der Waals surface area contributed by atoms with Crippen molar-refractivity contribution in [2.75, 3.05) is 0 Å². The molecule has 0 saturated carbocycles. The molecule has 1 heterocycles. The fourth-order valence-corrected chi connectivity index (χ4v) is 9.81. The molecule has 1 saturated heterocycles. The summed E-state index contributed by atoms with van der Waals surface area (Å²) in [5, 5.41) is 1.90. The van der Waals surface area contributed by atoms with Crippen molar-refractivity contribution in [1.82, 2.24) is 4.90 Å². The zero-order valence-electron chi connectivity index (χ0n) is 22.2. The number of carbonyl (C=O) groups is 2. The summed E-state index contributed by atoms with van der Waals surface area (Å²) in [5.74, 6) is -0.207. The molecular formula is C31H37NO4Si. The van der Waals surface area contributed by atoms with Crippen LogP contribution in [-0.4, -0.2) is 37.5 Å². The minimum Gasteiger partial charge on any atom is -0.418 e. The molecule has 194 valence electrons. The molecule has 1 fully saturated rings. The molecule has 0 bridgehead atoms. The maximum Gasteiger partial charge on any atom is 0.419 e. The molecule has 4 rings (SSSR count). The van der Waals surface area contributed by atoms with Crippen LogP contribution in [0.3, 0.4) is 0 Å². The number of carbonyl (C=O) groups excluding carboxylic acids is 2. The summed E-state index contributed by atoms with van der Waals surface area (Å²) in [7, 11) is -3.01. The highest BCUT2D eigenvalue weighted by Crippen LogP contribution is 2.39. The van der Waals surface area contributed by atoms with E-state index in [0.717, 1.165) is 28.8 Å². The van der Waals surface area contributed by atoms with Crippen LogP contribution in [0.5, 0.6) is 0 Å². The van der Waals surface area contributed by atoms with Gasteiger partial charge in [0.1, 0.15) is 6.04 Å². The lowest BCUT2D eigenvalue weighted by atomic mass is 10.0. The minimum absolute atomic E-state index is 0.207. The first-order valence-corrected chi connectivity index (χ1v) is 15.0. The topological polar surface area (TPSA) is 55.8 Å². The van der Waals surface area contributed by atoms with E-state index in [1.54, 1.807) is 0 Å². The zero-order chi connectivity index (χ0) is 26.5. The van der Waals surface area contributed by atoms with E-state index in [-0.39, 0.29) is 10.9 Å². The second-order valence-electron chi connectivity index (χ2n) is 10.7. The molecule has 0 aliphatic carbocycles. The van der Waals surface area contributed by atoms with Gasteiger partial charge in [-0.1, -0.05) is 125 Å². The van der Waals surface area contributed by atoms with Crippen molar-refractivity contribution in [3.05, 3.63) is 96.6 Å². The molecule has 3 aromatic carbocycles. The predicted molar refractivity (Wildman–Crippen MR) is 149 cm³/mol. The van der Waals surface area contributed by atoms with Gasteiger partial charge in [-0.15, -0.1) is 0 Å². The van der Waals surface area contributed by atoms with E-state index >= 15 is 0 Å². The molecule has 0 aromatic heterocycles. The largest absolute Gasteiger partial charge is 0.419 e. The van der Waals surface area contributed by atoms with Crippen LogP contribution in [0.15, 0.2) is 91.0 Å². The molecule has 5 nitrogen and oxygen atoms in total. The van der Waals surface area contributed by atoms with Gasteiger partial charge in [0.05, 0.1) is 0 Å². The number of rotatable bonds is 9. The zero-order valence-corrected chi connectivity index (χ0v) is 23.2. The first-order chi connectivity index (χ1) is 17.8. The standard InChI is InChI=1S/C31H37NO4Si/c1-5-6-22-28(33)32-27(23-24-16-10-7-11-17-24)29(35-30(32)34)36-37(31(2,3)4,25-18-12-8-13-19-25)26-20-14-9-15-21-26/h7-21,27,29H,5-6,22-23H2,1-4H3. The Hall–Kier alpha value is -3.22. The number of unbranched alkanes of at least 4 members (excludes halogenated alkanes) is 1. The second-order valence-corrected chi connectivity index (χ2v) is 14.9. The summed E-state index contributed by atoms with van der Waals surface area (Å²) in [6.45, 7) is 8.59. The quantitative estimate of drug-likeness (QED) is 0.345. The van der Waals surface area contributed by atoms with Gasteiger partial charge >= 0.3 is 6.09 Å². The van der Waals surface area contributed by atoms with Gasteiger partial charge in [0, 0.05) is 6.42 Å². The van der Waals surface area contributed by atoms with Crippen molar-refractivity contribution in [1.29, 1.82) is 0 Å². The average molecular weight is 516 g/mol. The van der Waals surface area contributed by atoms with E-state index in [9.17, 15) is 9.59 Å². The lowest BCUT2D eigenvalue weighted by Gasteiger charge is -2.44. The van der Waals surface area contributed by atoms with Crippen molar-refractivity contribution >= 4 is 30.7 Å². The molecule has 0 N–H and O–H groups in total. The molecule has 0 spiro atoms. The summed E-state index contributed by atoms with van der Waals surface area (Å²) in [5.41, 5.74) is 1.02. The SMILES string of the molecule is CCCCC(=O)N1C(=O)OC(O[Si](c2ccccc2)(c2ccccc2)C(C)(C)C)C1Cc1ccccc1. The monoisotopic (exact) mass is 515 g/mol. The molecule has 3 aromatic rings. The maximum absolute atomic E-state index is 13.2. The van der Waals surface area contributed by atoms with Crippen LogP contribution in [0.2, 0.25) is 5.04 Å². The van der Waals surface area contributed by atoms with Crippen molar-refractivity contribution in [3.8, 4) is 0 Å². The minimum atomic E-state index is -3.01. The Morgan fingerprint density at radius 3 is 1.89 bits per heavy atom. The molecular weight excluding hydrogens is 478 g/mol. The molecule has 6 heteroatoms. The van der Waals surface area contributed by atoms with Gasteiger partial charge in [-0.2, -0.15) is 0 Å². The van der Waals surface area contributed by atoms with E-state index in [4.69, 9.17) is 9.16 Å². The van der Waals surface area contributed by atoms with Crippen LogP contribution in [-0.2, 0) is 20.4 Å². The number of nitrogens with zero attached hydrogens (tertiary/aromatic N) is 1. The fourth-order valence-electron chi connectivity index (χ4n) is 5.24. The van der Waals surface area contributed by atoms with E-state index in [0.29, 0.717) is 12.8 Å². The summed E-state index contributed by atoms with van der Waals surface area (Å²) >= 11 is 0. The highest BCUT2D eigenvalue weighted by atomic mass is 28.4. The third-order valence-electron chi connectivity index (χ3n) is 7.07. The molecule has 0 radical (unpaired) electrons. The Morgan fingerprint density at radius 1 is 0.892 bits per heavy atom. The van der Waals surface area contributed by atoms with Gasteiger partial charge in [-0.3, -0.25) is 4.79 Å². The van der Waals surface area contributed by atoms with Crippen LogP contribution in [0.4, 0.5) is 4.79 Å². The van der Waals surface area contributed by atoms with Crippen molar-refractivity contribution in [2.24, 2.45) is 0 Å². The van der Waals surface area contributed by atoms with E-state index in [2.05, 4.69) is 45.0 Å². The second kappa shape index (κ2) is 11.4. The Balaban J connectivity index is 1.82. The maximum atomic E-state index is 13.2. The third kappa shape index (κ3) is 5.55. The lowest BCUT2D eigenvalue weighted by molar-refractivity contribution is -0.130. The van der Waals surface area contributed by atoms with Gasteiger partial charge in [-0.05, 0) is 33.8 Å². The molecule has 37 heavy (non-hydrogen) atoms. The third-order valence-corrected chi connectivity index (χ3v) is 12.1. The first-order valence-electron chi connectivity index (χ1n) is 13.1.